The van der Waals surface area contributed by atoms with Crippen LogP contribution in [0.5, 0.6) is 5.75 Å². The summed E-state index contributed by atoms with van der Waals surface area (Å²) in [5.74, 6) is 3.89. The van der Waals surface area contributed by atoms with Gasteiger partial charge in [0.1, 0.15) is 5.75 Å². The summed E-state index contributed by atoms with van der Waals surface area (Å²) in [7, 11) is 1.71. The number of hydrogen-bond acceptors (Lipinski definition) is 4. The summed E-state index contributed by atoms with van der Waals surface area (Å²) < 4.78 is 5.30. The second kappa shape index (κ2) is 9.34. The van der Waals surface area contributed by atoms with Crippen molar-refractivity contribution in [1.82, 2.24) is 9.80 Å². The third kappa shape index (κ3) is 5.05. The summed E-state index contributed by atoms with van der Waals surface area (Å²) in [6.07, 6.45) is 3.88. The first kappa shape index (κ1) is 18.4. The molecule has 138 valence electrons. The van der Waals surface area contributed by atoms with Gasteiger partial charge in [-0.25, -0.2) is 0 Å². The van der Waals surface area contributed by atoms with Gasteiger partial charge in [-0.3, -0.25) is 9.89 Å². The Balaban J connectivity index is 1.72. The number of methoxy groups -OCH3 is 1. The van der Waals surface area contributed by atoms with Crippen molar-refractivity contribution in [3.8, 4) is 5.75 Å². The van der Waals surface area contributed by atoms with Crippen molar-refractivity contribution >= 4 is 17.7 Å². The third-order valence-electron chi connectivity index (χ3n) is 5.09. The normalized spacial score (nSPS) is 21.2. The largest absolute Gasteiger partial charge is 0.497 e. The van der Waals surface area contributed by atoms with E-state index < -0.39 is 0 Å². The molecule has 0 aromatic heterocycles. The van der Waals surface area contributed by atoms with Crippen molar-refractivity contribution in [3.63, 3.8) is 0 Å². The molecule has 0 aliphatic carbocycles. The summed E-state index contributed by atoms with van der Waals surface area (Å²) >= 11 is 1.99. The molecule has 3 rings (SSSR count). The molecule has 25 heavy (non-hydrogen) atoms. The van der Waals surface area contributed by atoms with Crippen molar-refractivity contribution in [3.05, 3.63) is 29.8 Å². The maximum absolute atomic E-state index is 6.28. The molecule has 1 aromatic carbocycles. The molecule has 0 amide bonds. The van der Waals surface area contributed by atoms with Crippen LogP contribution < -0.4 is 10.5 Å². The highest BCUT2D eigenvalue weighted by molar-refractivity contribution is 7.99. The van der Waals surface area contributed by atoms with E-state index in [2.05, 4.69) is 21.9 Å². The zero-order valence-corrected chi connectivity index (χ0v) is 16.0. The number of rotatable bonds is 5. The molecule has 1 atom stereocenters. The summed E-state index contributed by atoms with van der Waals surface area (Å²) in [5, 5.41) is 0. The Kier molecular flexibility index (Phi) is 6.87. The number of guanidine groups is 1. The van der Waals surface area contributed by atoms with Gasteiger partial charge in [-0.15, -0.1) is 0 Å². The molecule has 1 aromatic rings. The fourth-order valence-corrected chi connectivity index (χ4v) is 4.46. The van der Waals surface area contributed by atoms with Gasteiger partial charge in [-0.05, 0) is 43.6 Å². The van der Waals surface area contributed by atoms with Crippen molar-refractivity contribution < 1.29 is 4.74 Å². The lowest BCUT2D eigenvalue weighted by atomic mass is 10.0. The molecule has 6 heteroatoms. The number of aliphatic imine (C=N–C) groups is 1. The SMILES string of the molecule is COc1ccc(C(CN=C(N)N2CCSCC2)N2CCCCC2)cc1. The van der Waals surface area contributed by atoms with Crippen LogP contribution in [0.3, 0.4) is 0 Å². The highest BCUT2D eigenvalue weighted by Gasteiger charge is 2.23. The van der Waals surface area contributed by atoms with E-state index >= 15 is 0 Å². The molecule has 2 heterocycles. The van der Waals surface area contributed by atoms with Crippen molar-refractivity contribution in [2.24, 2.45) is 10.7 Å². The number of nitrogens with zero attached hydrogens (tertiary/aromatic N) is 3. The fourth-order valence-electron chi connectivity index (χ4n) is 3.56. The lowest BCUT2D eigenvalue weighted by molar-refractivity contribution is 0.167. The smallest absolute Gasteiger partial charge is 0.191 e. The lowest BCUT2D eigenvalue weighted by Crippen LogP contribution is -2.43. The average Bonchev–Trinajstić information content (AvgIpc) is 2.70. The predicted octanol–water partition coefficient (Wildman–Crippen LogP) is 2.59. The molecule has 2 saturated heterocycles. The first-order valence-corrected chi connectivity index (χ1v) is 10.4. The number of thioether (sulfide) groups is 1. The van der Waals surface area contributed by atoms with Gasteiger partial charge in [0.25, 0.3) is 0 Å². The van der Waals surface area contributed by atoms with Crippen LogP contribution >= 0.6 is 11.8 Å². The van der Waals surface area contributed by atoms with Gasteiger partial charge in [0.2, 0.25) is 0 Å². The molecular weight excluding hydrogens is 332 g/mol. The quantitative estimate of drug-likeness (QED) is 0.644. The number of nitrogens with two attached hydrogens (primary N) is 1. The van der Waals surface area contributed by atoms with E-state index in [1.54, 1.807) is 7.11 Å². The minimum atomic E-state index is 0.295. The van der Waals surface area contributed by atoms with E-state index in [0.717, 1.165) is 50.0 Å². The number of likely N-dealkylation sites (tertiary alicyclic amines) is 1. The van der Waals surface area contributed by atoms with Gasteiger partial charge >= 0.3 is 0 Å². The van der Waals surface area contributed by atoms with Crippen LogP contribution in [0.25, 0.3) is 0 Å². The minimum Gasteiger partial charge on any atom is -0.497 e. The van der Waals surface area contributed by atoms with Crippen molar-refractivity contribution in [2.45, 2.75) is 25.3 Å². The van der Waals surface area contributed by atoms with Gasteiger partial charge in [-0.1, -0.05) is 18.6 Å². The maximum atomic E-state index is 6.28. The maximum Gasteiger partial charge on any atom is 0.191 e. The molecule has 0 bridgehead atoms. The minimum absolute atomic E-state index is 0.295. The van der Waals surface area contributed by atoms with Gasteiger partial charge < -0.3 is 15.4 Å². The Labute approximate surface area is 155 Å². The molecule has 2 aliphatic rings. The highest BCUT2D eigenvalue weighted by Crippen LogP contribution is 2.26. The zero-order valence-electron chi connectivity index (χ0n) is 15.2. The number of benzene rings is 1. The molecule has 0 saturated carbocycles. The Morgan fingerprint density at radius 3 is 2.44 bits per heavy atom. The van der Waals surface area contributed by atoms with E-state index in [9.17, 15) is 0 Å². The predicted molar refractivity (Wildman–Crippen MR) is 107 cm³/mol. The van der Waals surface area contributed by atoms with Crippen molar-refractivity contribution in [1.29, 1.82) is 0 Å². The summed E-state index contributed by atoms with van der Waals surface area (Å²) in [6.45, 7) is 5.04. The Morgan fingerprint density at radius 2 is 1.80 bits per heavy atom. The van der Waals surface area contributed by atoms with Crippen LogP contribution in [0.1, 0.15) is 30.9 Å². The van der Waals surface area contributed by atoms with E-state index in [-0.39, 0.29) is 0 Å². The van der Waals surface area contributed by atoms with Gasteiger partial charge in [-0.2, -0.15) is 11.8 Å². The molecule has 2 aliphatic heterocycles. The summed E-state index contributed by atoms with van der Waals surface area (Å²) in [5.41, 5.74) is 7.58. The molecule has 0 radical (unpaired) electrons. The molecule has 2 fully saturated rings. The first-order chi connectivity index (χ1) is 12.3. The highest BCUT2D eigenvalue weighted by atomic mass is 32.2. The fraction of sp³-hybridized carbons (Fsp3) is 0.632. The van der Waals surface area contributed by atoms with Crippen LogP contribution in [0.2, 0.25) is 0 Å². The van der Waals surface area contributed by atoms with Crippen molar-refractivity contribution in [2.75, 3.05) is 51.3 Å². The van der Waals surface area contributed by atoms with Crippen LogP contribution in [0, 0.1) is 0 Å². The third-order valence-corrected chi connectivity index (χ3v) is 6.04. The Bertz CT molecular complexity index is 551. The second-order valence-corrected chi connectivity index (χ2v) is 7.91. The zero-order chi connectivity index (χ0) is 17.5. The summed E-state index contributed by atoms with van der Waals surface area (Å²) in [4.78, 5) is 9.56. The van der Waals surface area contributed by atoms with Crippen LogP contribution in [0.4, 0.5) is 0 Å². The van der Waals surface area contributed by atoms with Crippen LogP contribution in [0.15, 0.2) is 29.3 Å². The number of piperidine rings is 1. The Hall–Kier alpha value is -1.40. The molecular formula is C19H30N4OS. The number of hydrogen-bond donors (Lipinski definition) is 1. The van der Waals surface area contributed by atoms with Gasteiger partial charge in [0.05, 0.1) is 19.7 Å². The molecule has 5 nitrogen and oxygen atoms in total. The van der Waals surface area contributed by atoms with Crippen LogP contribution in [-0.2, 0) is 0 Å². The average molecular weight is 363 g/mol. The second-order valence-electron chi connectivity index (χ2n) is 6.68. The first-order valence-electron chi connectivity index (χ1n) is 9.28. The molecule has 2 N–H and O–H groups in total. The Morgan fingerprint density at radius 1 is 1.12 bits per heavy atom. The number of ether oxygens (including phenoxy) is 1. The summed E-state index contributed by atoms with van der Waals surface area (Å²) in [6, 6.07) is 8.72. The van der Waals surface area contributed by atoms with Gasteiger partial charge in [0.15, 0.2) is 5.96 Å². The van der Waals surface area contributed by atoms with E-state index in [0.29, 0.717) is 12.0 Å². The van der Waals surface area contributed by atoms with E-state index in [1.165, 1.54) is 24.8 Å². The lowest BCUT2D eigenvalue weighted by Gasteiger charge is -2.34. The van der Waals surface area contributed by atoms with Gasteiger partial charge in [0, 0.05) is 24.6 Å². The monoisotopic (exact) mass is 362 g/mol. The van der Waals surface area contributed by atoms with Crippen LogP contribution in [-0.4, -0.2) is 67.1 Å². The molecule has 0 spiro atoms. The topological polar surface area (TPSA) is 54.1 Å². The van der Waals surface area contributed by atoms with E-state index in [4.69, 9.17) is 15.5 Å². The van der Waals surface area contributed by atoms with E-state index in [1.807, 2.05) is 23.9 Å². The standard InChI is InChI=1S/C19H30N4OS/c1-24-17-7-5-16(6-8-17)18(22-9-3-2-4-10-22)15-21-19(20)23-11-13-25-14-12-23/h5-8,18H,2-4,9-15H2,1H3,(H2,20,21). The molecule has 1 unspecified atom stereocenters.